The van der Waals surface area contributed by atoms with E-state index in [1.165, 1.54) is 10.8 Å². The summed E-state index contributed by atoms with van der Waals surface area (Å²) in [4.78, 5) is 19.6. The molecule has 1 amide bonds. The van der Waals surface area contributed by atoms with Gasteiger partial charge in [-0.3, -0.25) is 9.69 Å². The van der Waals surface area contributed by atoms with E-state index in [1.807, 2.05) is 25.1 Å². The summed E-state index contributed by atoms with van der Waals surface area (Å²) < 4.78 is 15.0. The molecule has 27 heavy (non-hydrogen) atoms. The molecule has 140 valence electrons. The second-order valence-corrected chi connectivity index (χ2v) is 8.06. The molecule has 6 heteroatoms. The van der Waals surface area contributed by atoms with Gasteiger partial charge in [0.25, 0.3) is 0 Å². The number of hydrogen-bond donors (Lipinski definition) is 1. The third-order valence-electron chi connectivity index (χ3n) is 5.17. The van der Waals surface area contributed by atoms with Crippen LogP contribution < -0.4 is 5.32 Å². The van der Waals surface area contributed by atoms with Gasteiger partial charge in [0.2, 0.25) is 5.91 Å². The number of benzene rings is 2. The summed E-state index contributed by atoms with van der Waals surface area (Å²) in [6, 6.07) is 14.1. The average molecular weight is 383 g/mol. The van der Waals surface area contributed by atoms with Crippen LogP contribution in [0.1, 0.15) is 30.7 Å². The Bertz CT molecular complexity index is 924. The molecule has 0 saturated carbocycles. The fourth-order valence-electron chi connectivity index (χ4n) is 3.59. The van der Waals surface area contributed by atoms with Gasteiger partial charge < -0.3 is 5.32 Å². The lowest BCUT2D eigenvalue weighted by Gasteiger charge is -2.35. The van der Waals surface area contributed by atoms with Crippen LogP contribution in [-0.4, -0.2) is 34.9 Å². The zero-order chi connectivity index (χ0) is 18.8. The average Bonchev–Trinajstić information content (AvgIpc) is 3.13. The lowest BCUT2D eigenvalue weighted by molar-refractivity contribution is -0.121. The van der Waals surface area contributed by atoms with Crippen LogP contribution in [0.25, 0.3) is 10.2 Å². The maximum atomic E-state index is 13.8. The molecule has 2 heterocycles. The van der Waals surface area contributed by atoms with Crippen LogP contribution >= 0.6 is 11.3 Å². The number of likely N-dealkylation sites (tertiary alicyclic amines) is 1. The molecule has 0 radical (unpaired) electrons. The summed E-state index contributed by atoms with van der Waals surface area (Å²) in [6.45, 7) is 3.55. The van der Waals surface area contributed by atoms with Crippen molar-refractivity contribution < 1.29 is 9.18 Å². The predicted octanol–water partition coefficient (Wildman–Crippen LogP) is 4.64. The molecule has 4 rings (SSSR count). The van der Waals surface area contributed by atoms with E-state index in [1.54, 1.807) is 29.5 Å². The normalized spacial score (nSPS) is 19.1. The standard InChI is InChI=1S/C21H22FN3OS/c1-14(20(26)23-17-9-3-2-8-16(17)22)25-12-6-7-15(13-25)21-24-18-10-4-5-11-19(18)27-21/h2-5,8-11,14-15H,6-7,12-13H2,1H3,(H,23,26)/t14-,15-/m1/s1. The Kier molecular flexibility index (Phi) is 5.18. The molecule has 0 spiro atoms. The highest BCUT2D eigenvalue weighted by atomic mass is 32.1. The number of para-hydroxylation sites is 2. The molecular weight excluding hydrogens is 361 g/mol. The maximum Gasteiger partial charge on any atom is 0.241 e. The highest BCUT2D eigenvalue weighted by molar-refractivity contribution is 7.18. The minimum absolute atomic E-state index is 0.176. The summed E-state index contributed by atoms with van der Waals surface area (Å²) in [6.07, 6.45) is 2.11. The first-order chi connectivity index (χ1) is 13.1. The van der Waals surface area contributed by atoms with Gasteiger partial charge in [-0.2, -0.15) is 0 Å². The van der Waals surface area contributed by atoms with E-state index < -0.39 is 5.82 Å². The number of nitrogens with one attached hydrogen (secondary N) is 1. The SMILES string of the molecule is C[C@H](C(=O)Nc1ccccc1F)N1CCC[C@@H](c2nc3ccccc3s2)C1. The van der Waals surface area contributed by atoms with Gasteiger partial charge in [0.15, 0.2) is 0 Å². The van der Waals surface area contributed by atoms with E-state index in [-0.39, 0.29) is 17.6 Å². The van der Waals surface area contributed by atoms with Gasteiger partial charge in [-0.1, -0.05) is 24.3 Å². The van der Waals surface area contributed by atoms with E-state index in [0.29, 0.717) is 5.92 Å². The summed E-state index contributed by atoms with van der Waals surface area (Å²) in [7, 11) is 0. The van der Waals surface area contributed by atoms with Gasteiger partial charge >= 0.3 is 0 Å². The number of nitrogens with zero attached hydrogens (tertiary/aromatic N) is 2. The van der Waals surface area contributed by atoms with Crippen LogP contribution in [0.3, 0.4) is 0 Å². The number of anilines is 1. The van der Waals surface area contributed by atoms with Crippen molar-refractivity contribution in [2.24, 2.45) is 0 Å². The number of hydrogen-bond acceptors (Lipinski definition) is 4. The summed E-state index contributed by atoms with van der Waals surface area (Å²) >= 11 is 1.74. The Morgan fingerprint density at radius 2 is 2.04 bits per heavy atom. The second kappa shape index (κ2) is 7.74. The lowest BCUT2D eigenvalue weighted by atomic mass is 9.97. The molecule has 0 unspecified atom stereocenters. The van der Waals surface area contributed by atoms with Crippen molar-refractivity contribution in [1.82, 2.24) is 9.88 Å². The molecule has 1 fully saturated rings. The first kappa shape index (κ1) is 18.1. The fourth-order valence-corrected chi connectivity index (χ4v) is 4.68. The molecule has 1 aromatic heterocycles. The number of thiazole rings is 1. The minimum atomic E-state index is -0.413. The number of fused-ring (bicyclic) bond motifs is 1. The Labute approximate surface area is 162 Å². The topological polar surface area (TPSA) is 45.2 Å². The van der Waals surface area contributed by atoms with Crippen LogP contribution in [0.2, 0.25) is 0 Å². The maximum absolute atomic E-state index is 13.8. The second-order valence-electron chi connectivity index (χ2n) is 7.00. The highest BCUT2D eigenvalue weighted by Gasteiger charge is 2.30. The van der Waals surface area contributed by atoms with Crippen LogP contribution in [-0.2, 0) is 4.79 Å². The Morgan fingerprint density at radius 1 is 1.26 bits per heavy atom. The number of piperidine rings is 1. The summed E-state index contributed by atoms with van der Waals surface area (Å²) in [5.41, 5.74) is 1.27. The molecule has 3 aromatic rings. The number of carbonyl (C=O) groups excluding carboxylic acids is 1. The minimum Gasteiger partial charge on any atom is -0.322 e. The monoisotopic (exact) mass is 383 g/mol. The summed E-state index contributed by atoms with van der Waals surface area (Å²) in [5.74, 6) is -0.256. The molecule has 1 N–H and O–H groups in total. The summed E-state index contributed by atoms with van der Waals surface area (Å²) in [5, 5.41) is 3.86. The Morgan fingerprint density at radius 3 is 2.85 bits per heavy atom. The zero-order valence-electron chi connectivity index (χ0n) is 15.2. The third kappa shape index (κ3) is 3.87. The van der Waals surface area contributed by atoms with Crippen LogP contribution in [0, 0.1) is 5.82 Å². The van der Waals surface area contributed by atoms with Crippen molar-refractivity contribution in [3.05, 3.63) is 59.4 Å². The van der Waals surface area contributed by atoms with E-state index in [4.69, 9.17) is 4.98 Å². The van der Waals surface area contributed by atoms with Crippen molar-refractivity contribution in [3.63, 3.8) is 0 Å². The third-order valence-corrected chi connectivity index (χ3v) is 6.37. The predicted molar refractivity (Wildman–Crippen MR) is 108 cm³/mol. The lowest BCUT2D eigenvalue weighted by Crippen LogP contribution is -2.46. The zero-order valence-corrected chi connectivity index (χ0v) is 16.0. The number of carbonyl (C=O) groups is 1. The van der Waals surface area contributed by atoms with E-state index in [9.17, 15) is 9.18 Å². The molecule has 2 atom stereocenters. The molecule has 0 bridgehead atoms. The number of amides is 1. The number of halogens is 1. The number of aromatic nitrogens is 1. The molecule has 1 aliphatic rings. The van der Waals surface area contributed by atoms with Gasteiger partial charge in [0.1, 0.15) is 5.82 Å². The van der Waals surface area contributed by atoms with Crippen LogP contribution in [0.15, 0.2) is 48.5 Å². The molecule has 1 saturated heterocycles. The van der Waals surface area contributed by atoms with Crippen molar-refractivity contribution in [2.75, 3.05) is 18.4 Å². The van der Waals surface area contributed by atoms with Crippen molar-refractivity contribution in [2.45, 2.75) is 31.7 Å². The highest BCUT2D eigenvalue weighted by Crippen LogP contribution is 2.33. The molecule has 2 aromatic carbocycles. The van der Waals surface area contributed by atoms with Gasteiger partial charge in [-0.15, -0.1) is 11.3 Å². The fraction of sp³-hybridized carbons (Fsp3) is 0.333. The molecule has 0 aliphatic carbocycles. The van der Waals surface area contributed by atoms with Crippen LogP contribution in [0.4, 0.5) is 10.1 Å². The Hall–Kier alpha value is -2.31. The molecule has 1 aliphatic heterocycles. The molecule has 4 nitrogen and oxygen atoms in total. The van der Waals surface area contributed by atoms with E-state index >= 15 is 0 Å². The van der Waals surface area contributed by atoms with Gasteiger partial charge in [0.05, 0.1) is 27.0 Å². The van der Waals surface area contributed by atoms with Gasteiger partial charge in [-0.05, 0) is 50.6 Å². The van der Waals surface area contributed by atoms with Gasteiger partial charge in [0, 0.05) is 12.5 Å². The molecular formula is C21H22FN3OS. The first-order valence-electron chi connectivity index (χ1n) is 9.27. The quantitative estimate of drug-likeness (QED) is 0.714. The van der Waals surface area contributed by atoms with Crippen molar-refractivity contribution in [3.8, 4) is 0 Å². The first-order valence-corrected chi connectivity index (χ1v) is 10.1. The van der Waals surface area contributed by atoms with Crippen molar-refractivity contribution in [1.29, 1.82) is 0 Å². The van der Waals surface area contributed by atoms with Crippen LogP contribution in [0.5, 0.6) is 0 Å². The smallest absolute Gasteiger partial charge is 0.241 e. The number of rotatable bonds is 4. The van der Waals surface area contributed by atoms with E-state index in [2.05, 4.69) is 16.3 Å². The van der Waals surface area contributed by atoms with Gasteiger partial charge in [-0.25, -0.2) is 9.37 Å². The van der Waals surface area contributed by atoms with E-state index in [0.717, 1.165) is 36.5 Å². The largest absolute Gasteiger partial charge is 0.322 e. The van der Waals surface area contributed by atoms with Crippen molar-refractivity contribution >= 4 is 33.1 Å². The Balaban J connectivity index is 1.45.